The first kappa shape index (κ1) is 12.0. The van der Waals surface area contributed by atoms with E-state index in [1.807, 2.05) is 0 Å². The molecule has 0 radical (unpaired) electrons. The van der Waals surface area contributed by atoms with Crippen LogP contribution in [0, 0.1) is 0 Å². The van der Waals surface area contributed by atoms with Gasteiger partial charge in [-0.1, -0.05) is 0 Å². The van der Waals surface area contributed by atoms with Gasteiger partial charge in [-0.15, -0.1) is 0 Å². The molecule has 7 heteroatoms. The lowest BCUT2D eigenvalue weighted by Gasteiger charge is -1.92. The first-order chi connectivity index (χ1) is 4.46. The van der Waals surface area contributed by atoms with Gasteiger partial charge in [0.25, 0.3) is 11.5 Å². The molecule has 0 rings (SSSR count). The average Bonchev–Trinajstić information content (AvgIpc) is 1.84. The number of rotatable bonds is 2. The molecule has 0 heterocycles. The SMILES string of the molecule is O.O=C(O)/C(O)=C(\O)C(=O)O. The van der Waals surface area contributed by atoms with Gasteiger partial charge in [0, 0.05) is 0 Å². The molecule has 0 aromatic rings. The van der Waals surface area contributed by atoms with Crippen molar-refractivity contribution in [2.45, 2.75) is 0 Å². The number of carbonyl (C=O) groups is 2. The summed E-state index contributed by atoms with van der Waals surface area (Å²) < 4.78 is 0. The van der Waals surface area contributed by atoms with Crippen LogP contribution in [0.2, 0.25) is 0 Å². The maximum absolute atomic E-state index is 9.71. The first-order valence-electron chi connectivity index (χ1n) is 2.05. The minimum Gasteiger partial charge on any atom is -0.499 e. The van der Waals surface area contributed by atoms with Gasteiger partial charge in [0.2, 0.25) is 0 Å². The molecule has 0 spiro atoms. The summed E-state index contributed by atoms with van der Waals surface area (Å²) in [6.45, 7) is 0. The lowest BCUT2D eigenvalue weighted by Crippen LogP contribution is -2.10. The van der Waals surface area contributed by atoms with Crippen LogP contribution >= 0.6 is 0 Å². The number of hydrogen-bond acceptors (Lipinski definition) is 4. The van der Waals surface area contributed by atoms with E-state index >= 15 is 0 Å². The lowest BCUT2D eigenvalue weighted by molar-refractivity contribution is -0.140. The zero-order valence-corrected chi connectivity index (χ0v) is 5.11. The van der Waals surface area contributed by atoms with E-state index in [1.54, 1.807) is 0 Å². The van der Waals surface area contributed by atoms with E-state index < -0.39 is 23.5 Å². The van der Waals surface area contributed by atoms with Gasteiger partial charge in [0.05, 0.1) is 0 Å². The molecule has 0 aromatic carbocycles. The smallest absolute Gasteiger partial charge is 0.375 e. The van der Waals surface area contributed by atoms with Gasteiger partial charge in [0.1, 0.15) is 0 Å². The zero-order valence-electron chi connectivity index (χ0n) is 5.11. The van der Waals surface area contributed by atoms with Gasteiger partial charge in [0.15, 0.2) is 0 Å². The Bertz CT molecular complexity index is 180. The van der Waals surface area contributed by atoms with E-state index in [-0.39, 0.29) is 5.48 Å². The second kappa shape index (κ2) is 4.12. The number of aliphatic hydroxyl groups is 2. The lowest BCUT2D eigenvalue weighted by atomic mass is 10.4. The quantitative estimate of drug-likeness (QED) is 0.294. The number of aliphatic hydroxyl groups excluding tert-OH is 2. The van der Waals surface area contributed by atoms with E-state index in [0.29, 0.717) is 0 Å². The summed E-state index contributed by atoms with van der Waals surface area (Å²) in [5.41, 5.74) is 0. The molecule has 0 fully saturated rings. The highest BCUT2D eigenvalue weighted by Gasteiger charge is 2.17. The summed E-state index contributed by atoms with van der Waals surface area (Å²) in [6.07, 6.45) is 0. The number of aliphatic carboxylic acids is 2. The van der Waals surface area contributed by atoms with Crippen molar-refractivity contribution in [2.24, 2.45) is 0 Å². The standard InChI is InChI=1S/C4H4O6.H2O/c5-1(3(7)8)2(6)4(9)10;/h5-6H,(H,7,8)(H,9,10);1H2/b2-1+;. The van der Waals surface area contributed by atoms with Crippen molar-refractivity contribution in [3.63, 3.8) is 0 Å². The largest absolute Gasteiger partial charge is 0.499 e. The van der Waals surface area contributed by atoms with Crippen LogP contribution in [0.5, 0.6) is 0 Å². The fourth-order valence-corrected chi connectivity index (χ4v) is 0.203. The number of carboxylic acid groups (broad SMARTS) is 2. The molecule has 0 aliphatic carbocycles. The number of hydrogen-bond donors (Lipinski definition) is 4. The van der Waals surface area contributed by atoms with Gasteiger partial charge in [-0.25, -0.2) is 9.59 Å². The highest BCUT2D eigenvalue weighted by molar-refractivity contribution is 5.94. The molecule has 0 bridgehead atoms. The van der Waals surface area contributed by atoms with Gasteiger partial charge in [-0.2, -0.15) is 0 Å². The summed E-state index contributed by atoms with van der Waals surface area (Å²) in [5.74, 6) is -6.93. The second-order valence-electron chi connectivity index (χ2n) is 1.31. The molecule has 0 saturated heterocycles. The molecule has 0 unspecified atom stereocenters. The predicted octanol–water partition coefficient (Wildman–Crippen LogP) is -1.34. The molecule has 11 heavy (non-hydrogen) atoms. The highest BCUT2D eigenvalue weighted by atomic mass is 16.4. The van der Waals surface area contributed by atoms with Gasteiger partial charge < -0.3 is 25.9 Å². The van der Waals surface area contributed by atoms with E-state index in [9.17, 15) is 9.59 Å². The topological polar surface area (TPSA) is 147 Å². The Hall–Kier alpha value is -1.76. The summed E-state index contributed by atoms with van der Waals surface area (Å²) in [6, 6.07) is 0. The van der Waals surface area contributed by atoms with Crippen molar-refractivity contribution in [3.05, 3.63) is 11.5 Å². The van der Waals surface area contributed by atoms with E-state index in [2.05, 4.69) is 0 Å². The third-order valence-corrected chi connectivity index (χ3v) is 0.629. The number of carboxylic acids is 2. The van der Waals surface area contributed by atoms with Gasteiger partial charge in [-0.05, 0) is 0 Å². The van der Waals surface area contributed by atoms with Crippen LogP contribution in [0.4, 0.5) is 0 Å². The summed E-state index contributed by atoms with van der Waals surface area (Å²) in [4.78, 5) is 19.4. The van der Waals surface area contributed by atoms with Crippen LogP contribution in [0.15, 0.2) is 11.5 Å². The van der Waals surface area contributed by atoms with Crippen molar-refractivity contribution in [1.82, 2.24) is 0 Å². The van der Waals surface area contributed by atoms with Crippen LogP contribution in [0.3, 0.4) is 0 Å². The fraction of sp³-hybridized carbons (Fsp3) is 0. The van der Waals surface area contributed by atoms with E-state index in [4.69, 9.17) is 20.4 Å². The van der Waals surface area contributed by atoms with Crippen molar-refractivity contribution >= 4 is 11.9 Å². The third-order valence-electron chi connectivity index (χ3n) is 0.629. The molecular weight excluding hydrogens is 160 g/mol. The Kier molecular flexibility index (Phi) is 4.48. The maximum atomic E-state index is 9.71. The molecule has 0 atom stereocenters. The van der Waals surface area contributed by atoms with Crippen molar-refractivity contribution in [2.75, 3.05) is 0 Å². The third kappa shape index (κ3) is 3.06. The average molecular weight is 166 g/mol. The molecule has 0 amide bonds. The minimum atomic E-state index is -1.89. The monoisotopic (exact) mass is 166 g/mol. The highest BCUT2D eigenvalue weighted by Crippen LogP contribution is 1.96. The Morgan fingerprint density at radius 1 is 0.727 bits per heavy atom. The Labute approximate surface area is 60.1 Å². The molecule has 7 nitrogen and oxygen atoms in total. The molecular formula is C4H6O7. The molecule has 64 valence electrons. The van der Waals surface area contributed by atoms with E-state index in [0.717, 1.165) is 0 Å². The molecule has 0 aromatic heterocycles. The van der Waals surface area contributed by atoms with Crippen molar-refractivity contribution in [1.29, 1.82) is 0 Å². The predicted molar refractivity (Wildman–Crippen MR) is 31.2 cm³/mol. The van der Waals surface area contributed by atoms with Gasteiger partial charge in [-0.3, -0.25) is 0 Å². The Balaban J connectivity index is 0. The van der Waals surface area contributed by atoms with Crippen LogP contribution < -0.4 is 0 Å². The van der Waals surface area contributed by atoms with Crippen LogP contribution in [-0.4, -0.2) is 37.8 Å². The normalized spacial score (nSPS) is 10.9. The summed E-state index contributed by atoms with van der Waals surface area (Å²) in [5, 5.41) is 32.2. The van der Waals surface area contributed by atoms with E-state index in [1.165, 1.54) is 0 Å². The minimum absolute atomic E-state index is 0. The van der Waals surface area contributed by atoms with Gasteiger partial charge >= 0.3 is 11.9 Å². The first-order valence-corrected chi connectivity index (χ1v) is 2.05. The maximum Gasteiger partial charge on any atom is 0.375 e. The zero-order chi connectivity index (χ0) is 8.31. The summed E-state index contributed by atoms with van der Waals surface area (Å²) >= 11 is 0. The summed E-state index contributed by atoms with van der Waals surface area (Å²) in [7, 11) is 0. The van der Waals surface area contributed by atoms with Crippen LogP contribution in [0.25, 0.3) is 0 Å². The fourth-order valence-electron chi connectivity index (χ4n) is 0.203. The Morgan fingerprint density at radius 3 is 1.00 bits per heavy atom. The molecule has 0 aliphatic heterocycles. The van der Waals surface area contributed by atoms with Crippen molar-refractivity contribution < 1.29 is 35.5 Å². The second-order valence-corrected chi connectivity index (χ2v) is 1.31. The van der Waals surface area contributed by atoms with Crippen LogP contribution in [-0.2, 0) is 9.59 Å². The Morgan fingerprint density at radius 2 is 0.909 bits per heavy atom. The molecule has 0 saturated carbocycles. The molecule has 6 N–H and O–H groups in total. The molecule has 0 aliphatic rings. The van der Waals surface area contributed by atoms with Crippen LogP contribution in [0.1, 0.15) is 0 Å². The van der Waals surface area contributed by atoms with Crippen molar-refractivity contribution in [3.8, 4) is 0 Å².